The van der Waals surface area contributed by atoms with Crippen LogP contribution in [0.2, 0.25) is 0 Å². The van der Waals surface area contributed by atoms with Crippen LogP contribution in [-0.4, -0.2) is 43.2 Å². The standard InChI is InChI=1S/C22H28N4O3S/c1-5-6-10-24-21(27)19-14(2)18-20(25-13-26-22(18)30-19)23-11-9-15-7-8-16(28-3)17(12-15)29-4/h7-8,12-13H,5-6,9-11H2,1-4H3,(H,24,27)(H,23,25,26). The minimum atomic E-state index is -0.0415. The first-order chi connectivity index (χ1) is 14.6. The summed E-state index contributed by atoms with van der Waals surface area (Å²) in [6, 6.07) is 5.90. The molecule has 2 heterocycles. The van der Waals surface area contributed by atoms with Crippen molar-refractivity contribution < 1.29 is 14.3 Å². The summed E-state index contributed by atoms with van der Waals surface area (Å²) in [5.74, 6) is 2.14. The van der Waals surface area contributed by atoms with E-state index in [0.29, 0.717) is 29.5 Å². The number of carbonyl (C=O) groups excluding carboxylic acids is 1. The Morgan fingerprint density at radius 1 is 1.13 bits per heavy atom. The number of fused-ring (bicyclic) bond motifs is 1. The molecule has 0 spiro atoms. The SMILES string of the molecule is CCCCNC(=O)c1sc2ncnc(NCCc3ccc(OC)c(OC)c3)c2c1C. The van der Waals surface area contributed by atoms with Crippen LogP contribution in [-0.2, 0) is 6.42 Å². The summed E-state index contributed by atoms with van der Waals surface area (Å²) in [6.45, 7) is 5.43. The van der Waals surface area contributed by atoms with Crippen molar-refractivity contribution in [3.8, 4) is 11.5 Å². The molecule has 0 radical (unpaired) electrons. The second-order valence-corrected chi connectivity index (χ2v) is 7.93. The maximum Gasteiger partial charge on any atom is 0.261 e. The smallest absolute Gasteiger partial charge is 0.261 e. The van der Waals surface area contributed by atoms with Gasteiger partial charge in [0.1, 0.15) is 17.0 Å². The summed E-state index contributed by atoms with van der Waals surface area (Å²) in [7, 11) is 3.26. The fourth-order valence-electron chi connectivity index (χ4n) is 3.24. The molecule has 0 atom stereocenters. The highest BCUT2D eigenvalue weighted by Crippen LogP contribution is 2.33. The number of hydrogen-bond acceptors (Lipinski definition) is 7. The molecular weight excluding hydrogens is 400 g/mol. The van der Waals surface area contributed by atoms with Gasteiger partial charge in [-0.1, -0.05) is 19.4 Å². The van der Waals surface area contributed by atoms with E-state index in [1.807, 2.05) is 25.1 Å². The maximum atomic E-state index is 12.5. The van der Waals surface area contributed by atoms with Crippen LogP contribution < -0.4 is 20.1 Å². The van der Waals surface area contributed by atoms with Crippen molar-refractivity contribution in [2.24, 2.45) is 0 Å². The number of nitrogens with one attached hydrogen (secondary N) is 2. The molecule has 0 aliphatic heterocycles. The molecular formula is C22H28N4O3S. The number of thiophene rings is 1. The molecule has 0 aliphatic rings. The van der Waals surface area contributed by atoms with E-state index in [2.05, 4.69) is 27.5 Å². The van der Waals surface area contributed by atoms with Crippen LogP contribution in [0.25, 0.3) is 10.2 Å². The molecule has 1 aromatic carbocycles. The first-order valence-electron chi connectivity index (χ1n) is 10.1. The highest BCUT2D eigenvalue weighted by molar-refractivity contribution is 7.20. The molecule has 160 valence electrons. The largest absolute Gasteiger partial charge is 0.493 e. The number of aromatic nitrogens is 2. The van der Waals surface area contributed by atoms with E-state index in [0.717, 1.165) is 46.4 Å². The van der Waals surface area contributed by atoms with Crippen LogP contribution in [0.4, 0.5) is 5.82 Å². The van der Waals surface area contributed by atoms with Gasteiger partial charge < -0.3 is 20.1 Å². The van der Waals surface area contributed by atoms with Crippen molar-refractivity contribution in [2.75, 3.05) is 32.6 Å². The van der Waals surface area contributed by atoms with E-state index in [9.17, 15) is 4.79 Å². The molecule has 3 rings (SSSR count). The zero-order chi connectivity index (χ0) is 21.5. The van der Waals surface area contributed by atoms with E-state index in [1.165, 1.54) is 17.7 Å². The van der Waals surface area contributed by atoms with Crippen LogP contribution in [0.1, 0.15) is 40.6 Å². The number of ether oxygens (including phenoxy) is 2. The fraction of sp³-hybridized carbons (Fsp3) is 0.409. The topological polar surface area (TPSA) is 85.4 Å². The Labute approximate surface area is 180 Å². The highest BCUT2D eigenvalue weighted by Gasteiger charge is 2.19. The molecule has 2 aromatic heterocycles. The molecule has 1 amide bonds. The number of aryl methyl sites for hydroxylation is 1. The van der Waals surface area contributed by atoms with Gasteiger partial charge in [0, 0.05) is 13.1 Å². The molecule has 7 nitrogen and oxygen atoms in total. The van der Waals surface area contributed by atoms with Crippen molar-refractivity contribution in [1.29, 1.82) is 0 Å². The average Bonchev–Trinajstić information content (AvgIpc) is 3.11. The third-order valence-electron chi connectivity index (χ3n) is 4.90. The summed E-state index contributed by atoms with van der Waals surface area (Å²) >= 11 is 1.41. The van der Waals surface area contributed by atoms with Gasteiger partial charge in [-0.15, -0.1) is 11.3 Å². The minimum Gasteiger partial charge on any atom is -0.493 e. The Balaban J connectivity index is 1.73. The zero-order valence-electron chi connectivity index (χ0n) is 17.9. The first kappa shape index (κ1) is 21.8. The Morgan fingerprint density at radius 2 is 1.93 bits per heavy atom. The number of anilines is 1. The van der Waals surface area contributed by atoms with Crippen LogP contribution in [0, 0.1) is 6.92 Å². The predicted molar refractivity (Wildman–Crippen MR) is 121 cm³/mol. The molecule has 0 aliphatic carbocycles. The van der Waals surface area contributed by atoms with Gasteiger partial charge in [-0.2, -0.15) is 0 Å². The van der Waals surface area contributed by atoms with Gasteiger partial charge in [0.25, 0.3) is 5.91 Å². The fourth-order valence-corrected chi connectivity index (χ4v) is 4.31. The molecule has 0 saturated carbocycles. The van der Waals surface area contributed by atoms with Gasteiger partial charge in [-0.05, 0) is 43.0 Å². The summed E-state index contributed by atoms with van der Waals surface area (Å²) in [5.41, 5.74) is 2.04. The monoisotopic (exact) mass is 428 g/mol. The van der Waals surface area contributed by atoms with Gasteiger partial charge in [-0.3, -0.25) is 4.79 Å². The van der Waals surface area contributed by atoms with Gasteiger partial charge in [0.15, 0.2) is 11.5 Å². The molecule has 0 bridgehead atoms. The van der Waals surface area contributed by atoms with Gasteiger partial charge in [0.2, 0.25) is 0 Å². The molecule has 8 heteroatoms. The number of hydrogen-bond donors (Lipinski definition) is 2. The van der Waals surface area contributed by atoms with Crippen LogP contribution >= 0.6 is 11.3 Å². The number of amides is 1. The number of benzene rings is 1. The summed E-state index contributed by atoms with van der Waals surface area (Å²) in [6.07, 6.45) is 4.35. The van der Waals surface area contributed by atoms with Crippen LogP contribution in [0.3, 0.4) is 0 Å². The molecule has 0 unspecified atom stereocenters. The van der Waals surface area contributed by atoms with Crippen molar-refractivity contribution in [3.05, 3.63) is 40.5 Å². The van der Waals surface area contributed by atoms with Crippen LogP contribution in [0.5, 0.6) is 11.5 Å². The summed E-state index contributed by atoms with van der Waals surface area (Å²) in [5, 5.41) is 7.30. The van der Waals surface area contributed by atoms with Crippen LogP contribution in [0.15, 0.2) is 24.5 Å². The predicted octanol–water partition coefficient (Wildman–Crippen LogP) is 4.20. The van der Waals surface area contributed by atoms with Crippen molar-refractivity contribution >= 4 is 33.3 Å². The number of rotatable bonds is 10. The molecule has 3 aromatic rings. The second-order valence-electron chi connectivity index (χ2n) is 6.93. The average molecular weight is 429 g/mol. The Kier molecular flexibility index (Phi) is 7.46. The lowest BCUT2D eigenvalue weighted by Gasteiger charge is -2.11. The third-order valence-corrected chi connectivity index (χ3v) is 6.10. The molecule has 30 heavy (non-hydrogen) atoms. The quantitative estimate of drug-likeness (QED) is 0.471. The van der Waals surface area contributed by atoms with E-state index in [4.69, 9.17) is 9.47 Å². The first-order valence-corrected chi connectivity index (χ1v) is 10.9. The highest BCUT2D eigenvalue weighted by atomic mass is 32.1. The Hall–Kier alpha value is -2.87. The third kappa shape index (κ3) is 4.81. The van der Waals surface area contributed by atoms with Crippen molar-refractivity contribution in [3.63, 3.8) is 0 Å². The normalized spacial score (nSPS) is 10.8. The lowest BCUT2D eigenvalue weighted by atomic mass is 10.1. The molecule has 0 saturated heterocycles. The van der Waals surface area contributed by atoms with E-state index in [-0.39, 0.29) is 5.91 Å². The van der Waals surface area contributed by atoms with E-state index >= 15 is 0 Å². The summed E-state index contributed by atoms with van der Waals surface area (Å²) in [4.78, 5) is 22.8. The van der Waals surface area contributed by atoms with Crippen molar-refractivity contribution in [1.82, 2.24) is 15.3 Å². The van der Waals surface area contributed by atoms with Gasteiger partial charge in [0.05, 0.1) is 24.5 Å². The molecule has 2 N–H and O–H groups in total. The lowest BCUT2D eigenvalue weighted by molar-refractivity contribution is 0.0956. The Morgan fingerprint density at radius 3 is 2.67 bits per heavy atom. The minimum absolute atomic E-state index is 0.0415. The number of methoxy groups -OCH3 is 2. The maximum absolute atomic E-state index is 12.5. The number of unbranched alkanes of at least 4 members (excludes halogenated alkanes) is 1. The van der Waals surface area contributed by atoms with E-state index < -0.39 is 0 Å². The summed E-state index contributed by atoms with van der Waals surface area (Å²) < 4.78 is 10.7. The lowest BCUT2D eigenvalue weighted by Crippen LogP contribution is -2.24. The molecule has 0 fully saturated rings. The zero-order valence-corrected chi connectivity index (χ0v) is 18.7. The number of nitrogens with zero attached hydrogens (tertiary/aromatic N) is 2. The number of carbonyl (C=O) groups is 1. The van der Waals surface area contributed by atoms with E-state index in [1.54, 1.807) is 14.2 Å². The van der Waals surface area contributed by atoms with Gasteiger partial charge in [-0.25, -0.2) is 9.97 Å². The van der Waals surface area contributed by atoms with Gasteiger partial charge >= 0.3 is 0 Å². The Bertz CT molecular complexity index is 1020. The second kappa shape index (κ2) is 10.2. The van der Waals surface area contributed by atoms with Crippen molar-refractivity contribution in [2.45, 2.75) is 33.1 Å².